The molecule has 0 spiro atoms. The van der Waals surface area contributed by atoms with E-state index in [1.165, 1.54) is 37.8 Å². The number of nitrogens with two attached hydrogens (primary N) is 1. The van der Waals surface area contributed by atoms with Gasteiger partial charge in [0, 0.05) is 17.8 Å². The molecule has 1 aliphatic carbocycles. The molecule has 18 heavy (non-hydrogen) atoms. The zero-order valence-electron chi connectivity index (χ0n) is 11.0. The highest BCUT2D eigenvalue weighted by Crippen LogP contribution is 2.24. The first-order valence-corrected chi connectivity index (χ1v) is 7.22. The summed E-state index contributed by atoms with van der Waals surface area (Å²) >= 11 is 5.02. The number of thiocarbonyl (C=S) groups is 1. The molecule has 0 aromatic heterocycles. The molecule has 1 fully saturated rings. The van der Waals surface area contributed by atoms with Crippen LogP contribution in [0.15, 0.2) is 18.2 Å². The van der Waals surface area contributed by atoms with Crippen LogP contribution < -0.4 is 11.1 Å². The Morgan fingerprint density at radius 1 is 1.33 bits per heavy atom. The molecule has 3 N–H and O–H groups in total. The van der Waals surface area contributed by atoms with Crippen molar-refractivity contribution in [1.29, 1.82) is 0 Å². The molecule has 0 bridgehead atoms. The molecule has 0 saturated heterocycles. The normalized spacial score (nSPS) is 16.5. The third-order valence-corrected chi connectivity index (χ3v) is 4.03. The Hall–Kier alpha value is -1.09. The minimum absolute atomic E-state index is 0.478. The van der Waals surface area contributed by atoms with Crippen LogP contribution in [0.4, 0.5) is 5.69 Å². The fraction of sp³-hybridized carbons (Fsp3) is 0.533. The van der Waals surface area contributed by atoms with Gasteiger partial charge in [-0.15, -0.1) is 0 Å². The molecule has 0 aliphatic heterocycles. The lowest BCUT2D eigenvalue weighted by molar-refractivity contribution is 0.373. The summed E-state index contributed by atoms with van der Waals surface area (Å²) in [4.78, 5) is 0.478. The van der Waals surface area contributed by atoms with E-state index >= 15 is 0 Å². The second kappa shape index (κ2) is 6.19. The van der Waals surface area contributed by atoms with Gasteiger partial charge in [0.25, 0.3) is 0 Å². The summed E-state index contributed by atoms with van der Waals surface area (Å²) in [5.41, 5.74) is 8.97. The van der Waals surface area contributed by atoms with Crippen molar-refractivity contribution < 1.29 is 0 Å². The molecule has 1 aromatic carbocycles. The molecule has 0 atom stereocenters. The standard InChI is InChI=1S/C15H22N2S/c1-11-9-13(7-8-14(11)15(16)18)17-10-12-5-3-2-4-6-12/h7-9,12,17H,2-6,10H2,1H3,(H2,16,18). The summed E-state index contributed by atoms with van der Waals surface area (Å²) < 4.78 is 0. The van der Waals surface area contributed by atoms with Crippen molar-refractivity contribution in [2.24, 2.45) is 11.7 Å². The molecule has 1 saturated carbocycles. The van der Waals surface area contributed by atoms with Gasteiger partial charge in [0.15, 0.2) is 0 Å². The number of nitrogens with one attached hydrogen (secondary N) is 1. The van der Waals surface area contributed by atoms with Crippen LogP contribution in [0.2, 0.25) is 0 Å². The Morgan fingerprint density at radius 3 is 2.67 bits per heavy atom. The predicted octanol–water partition coefficient (Wildman–Crippen LogP) is 3.62. The van der Waals surface area contributed by atoms with Crippen LogP contribution in [0, 0.1) is 12.8 Å². The molecule has 3 heteroatoms. The van der Waals surface area contributed by atoms with Crippen LogP contribution in [0.5, 0.6) is 0 Å². The van der Waals surface area contributed by atoms with Gasteiger partial charge in [0.1, 0.15) is 4.99 Å². The molecule has 0 unspecified atom stereocenters. The molecule has 0 heterocycles. The van der Waals surface area contributed by atoms with Crippen molar-refractivity contribution in [1.82, 2.24) is 0 Å². The zero-order chi connectivity index (χ0) is 13.0. The van der Waals surface area contributed by atoms with Gasteiger partial charge < -0.3 is 11.1 Å². The summed E-state index contributed by atoms with van der Waals surface area (Å²) in [6, 6.07) is 6.22. The van der Waals surface area contributed by atoms with Gasteiger partial charge >= 0.3 is 0 Å². The number of benzene rings is 1. The number of aryl methyl sites for hydroxylation is 1. The number of hydrogen-bond donors (Lipinski definition) is 2. The molecular formula is C15H22N2S. The molecule has 2 rings (SSSR count). The molecule has 0 radical (unpaired) electrons. The van der Waals surface area contributed by atoms with Crippen molar-refractivity contribution in [2.45, 2.75) is 39.0 Å². The van der Waals surface area contributed by atoms with E-state index in [1.807, 2.05) is 6.07 Å². The Balaban J connectivity index is 1.93. The summed E-state index contributed by atoms with van der Waals surface area (Å²) in [6.07, 6.45) is 6.95. The van der Waals surface area contributed by atoms with E-state index in [1.54, 1.807) is 0 Å². The molecule has 1 aliphatic rings. The van der Waals surface area contributed by atoms with Gasteiger partial charge in [0.2, 0.25) is 0 Å². The zero-order valence-corrected chi connectivity index (χ0v) is 11.9. The lowest BCUT2D eigenvalue weighted by atomic mass is 9.89. The third kappa shape index (κ3) is 3.45. The Kier molecular flexibility index (Phi) is 4.59. The highest BCUT2D eigenvalue weighted by atomic mass is 32.1. The third-order valence-electron chi connectivity index (χ3n) is 3.81. The van der Waals surface area contributed by atoms with Gasteiger partial charge in [0.05, 0.1) is 0 Å². The summed E-state index contributed by atoms with van der Waals surface area (Å²) in [6.45, 7) is 3.14. The van der Waals surface area contributed by atoms with Crippen molar-refractivity contribution in [2.75, 3.05) is 11.9 Å². The fourth-order valence-corrected chi connectivity index (χ4v) is 2.93. The van der Waals surface area contributed by atoms with Crippen LogP contribution in [-0.2, 0) is 0 Å². The van der Waals surface area contributed by atoms with E-state index in [2.05, 4.69) is 24.4 Å². The molecular weight excluding hydrogens is 240 g/mol. The summed E-state index contributed by atoms with van der Waals surface area (Å²) in [5, 5.41) is 3.54. The Morgan fingerprint density at radius 2 is 2.06 bits per heavy atom. The second-order valence-electron chi connectivity index (χ2n) is 5.28. The van der Waals surface area contributed by atoms with E-state index in [-0.39, 0.29) is 0 Å². The molecule has 2 nitrogen and oxygen atoms in total. The Bertz CT molecular complexity index is 423. The van der Waals surface area contributed by atoms with Crippen molar-refractivity contribution in [3.8, 4) is 0 Å². The van der Waals surface area contributed by atoms with Crippen molar-refractivity contribution >= 4 is 22.9 Å². The summed E-state index contributed by atoms with van der Waals surface area (Å²) in [5.74, 6) is 0.842. The van der Waals surface area contributed by atoms with E-state index in [0.717, 1.165) is 23.6 Å². The largest absolute Gasteiger partial charge is 0.389 e. The minimum atomic E-state index is 0.478. The number of rotatable bonds is 4. The fourth-order valence-electron chi connectivity index (χ4n) is 2.70. The summed E-state index contributed by atoms with van der Waals surface area (Å²) in [7, 11) is 0. The van der Waals surface area contributed by atoms with E-state index < -0.39 is 0 Å². The predicted molar refractivity (Wildman–Crippen MR) is 82.1 cm³/mol. The number of anilines is 1. The SMILES string of the molecule is Cc1cc(NCC2CCCCC2)ccc1C(N)=S. The van der Waals surface area contributed by atoms with E-state index in [4.69, 9.17) is 18.0 Å². The first kappa shape index (κ1) is 13.3. The lowest BCUT2D eigenvalue weighted by Gasteiger charge is -2.22. The molecule has 98 valence electrons. The van der Waals surface area contributed by atoms with Gasteiger partial charge in [-0.2, -0.15) is 0 Å². The van der Waals surface area contributed by atoms with Gasteiger partial charge in [-0.1, -0.05) is 31.5 Å². The van der Waals surface area contributed by atoms with Crippen LogP contribution in [0.25, 0.3) is 0 Å². The van der Waals surface area contributed by atoms with Gasteiger partial charge in [-0.3, -0.25) is 0 Å². The highest BCUT2D eigenvalue weighted by molar-refractivity contribution is 7.80. The van der Waals surface area contributed by atoms with E-state index in [0.29, 0.717) is 4.99 Å². The maximum absolute atomic E-state index is 5.67. The molecule has 1 aromatic rings. The van der Waals surface area contributed by atoms with Gasteiger partial charge in [-0.05, 0) is 49.4 Å². The lowest BCUT2D eigenvalue weighted by Crippen LogP contribution is -2.17. The van der Waals surface area contributed by atoms with E-state index in [9.17, 15) is 0 Å². The average Bonchev–Trinajstić information content (AvgIpc) is 2.37. The first-order valence-electron chi connectivity index (χ1n) is 6.81. The topological polar surface area (TPSA) is 38.0 Å². The van der Waals surface area contributed by atoms with Gasteiger partial charge in [-0.25, -0.2) is 0 Å². The van der Waals surface area contributed by atoms with Crippen LogP contribution in [0.1, 0.15) is 43.2 Å². The highest BCUT2D eigenvalue weighted by Gasteiger charge is 2.13. The first-order chi connectivity index (χ1) is 8.66. The number of hydrogen-bond acceptors (Lipinski definition) is 2. The maximum atomic E-state index is 5.67. The maximum Gasteiger partial charge on any atom is 0.104 e. The van der Waals surface area contributed by atoms with Crippen molar-refractivity contribution in [3.63, 3.8) is 0 Å². The van der Waals surface area contributed by atoms with Crippen LogP contribution in [-0.4, -0.2) is 11.5 Å². The minimum Gasteiger partial charge on any atom is -0.389 e. The average molecular weight is 262 g/mol. The monoisotopic (exact) mass is 262 g/mol. The Labute approximate surface area is 115 Å². The van der Waals surface area contributed by atoms with Crippen molar-refractivity contribution in [3.05, 3.63) is 29.3 Å². The quantitative estimate of drug-likeness (QED) is 0.814. The van der Waals surface area contributed by atoms with Crippen LogP contribution in [0.3, 0.4) is 0 Å². The molecule has 0 amide bonds. The van der Waals surface area contributed by atoms with Crippen LogP contribution >= 0.6 is 12.2 Å². The second-order valence-corrected chi connectivity index (χ2v) is 5.72. The smallest absolute Gasteiger partial charge is 0.104 e.